The monoisotopic (exact) mass is 867 g/mol. The molecule has 0 spiro atoms. The summed E-state index contributed by atoms with van der Waals surface area (Å²) in [5, 5.41) is 31.3. The summed E-state index contributed by atoms with van der Waals surface area (Å²) in [6.45, 7) is 25.9. The van der Waals surface area contributed by atoms with Gasteiger partial charge in [-0.25, -0.2) is 0 Å². The molecular weight excluding hydrogens is 787 g/mol. The molecule has 0 radical (unpaired) electrons. The van der Waals surface area contributed by atoms with E-state index in [1.165, 1.54) is 50.1 Å². The number of benzene rings is 4. The van der Waals surface area contributed by atoms with E-state index in [-0.39, 0.29) is 29.2 Å². The highest BCUT2D eigenvalue weighted by atomic mass is 16.7. The van der Waals surface area contributed by atoms with Crippen LogP contribution in [0.25, 0.3) is 12.2 Å². The standard InChI is InChI=1S/C32H45BO3.C26H34O2/c1-9-32(10-2,26-14-13-25(23(3)21-26)17-20-31(34)18-11-12-19-31)27-15-16-28(24(4)22-27)33-35-29(5,6)30(7,8)36-33;1-5-26(6-2,23-11-12-24(27)20(4)18-23)22-10-9-21(19(3)17-22)13-16-25(28)14-7-8-15-25/h13-17,20-22,34H,9-12,18-19H2,1-8H3;9-13,16-18,27-28H,5-8,14-15H2,1-4H3/b20-17+;16-13+. The van der Waals surface area contributed by atoms with Gasteiger partial charge in [0.05, 0.1) is 22.4 Å². The van der Waals surface area contributed by atoms with E-state index in [1.807, 2.05) is 25.1 Å². The first-order valence-corrected chi connectivity index (χ1v) is 24.5. The lowest BCUT2D eigenvalue weighted by Crippen LogP contribution is -2.41. The molecule has 5 nitrogen and oxygen atoms in total. The second kappa shape index (κ2) is 19.5. The topological polar surface area (TPSA) is 79.2 Å². The first-order chi connectivity index (χ1) is 30.2. The Morgan fingerprint density at radius 1 is 0.516 bits per heavy atom. The molecule has 7 rings (SSSR count). The van der Waals surface area contributed by atoms with Gasteiger partial charge in [-0.2, -0.15) is 0 Å². The fourth-order valence-electron chi connectivity index (χ4n) is 10.7. The second-order valence-corrected chi connectivity index (χ2v) is 20.7. The quantitative estimate of drug-likeness (QED) is 0.117. The van der Waals surface area contributed by atoms with E-state index in [4.69, 9.17) is 9.31 Å². The SMILES string of the molecule is CCC(CC)(c1ccc(/C=C/C2(O)CCCC2)c(C)c1)c1ccc(B2OC(C)(C)C(C)(C)O2)c(C)c1.CCC(CC)(c1ccc(O)c(C)c1)c1ccc(/C=C/C2(O)CCCC2)c(C)c1. The van der Waals surface area contributed by atoms with Crippen molar-refractivity contribution in [1.29, 1.82) is 0 Å². The molecule has 0 aromatic heterocycles. The van der Waals surface area contributed by atoms with Crippen LogP contribution in [0.2, 0.25) is 0 Å². The average Bonchev–Trinajstić information content (AvgIpc) is 3.96. The summed E-state index contributed by atoms with van der Waals surface area (Å²) in [7, 11) is -0.343. The lowest BCUT2D eigenvalue weighted by atomic mass is 9.68. The van der Waals surface area contributed by atoms with Gasteiger partial charge in [-0.1, -0.05) is 150 Å². The van der Waals surface area contributed by atoms with Crippen LogP contribution in [-0.4, -0.2) is 44.8 Å². The fourth-order valence-corrected chi connectivity index (χ4v) is 10.7. The molecule has 0 bridgehead atoms. The summed E-state index contributed by atoms with van der Waals surface area (Å²) in [5.41, 5.74) is 11.3. The largest absolute Gasteiger partial charge is 0.508 e. The predicted molar refractivity (Wildman–Crippen MR) is 270 cm³/mol. The second-order valence-electron chi connectivity index (χ2n) is 20.7. The number of phenols is 1. The summed E-state index contributed by atoms with van der Waals surface area (Å²) in [5.74, 6) is 0.353. The van der Waals surface area contributed by atoms with Gasteiger partial charge in [0.2, 0.25) is 0 Å². The number of aliphatic hydroxyl groups is 2. The van der Waals surface area contributed by atoms with E-state index < -0.39 is 11.2 Å². The molecular formula is C58H79BO5. The molecule has 3 fully saturated rings. The van der Waals surface area contributed by atoms with Crippen LogP contribution in [0.3, 0.4) is 0 Å². The van der Waals surface area contributed by atoms with E-state index in [1.54, 1.807) is 0 Å². The maximum absolute atomic E-state index is 10.7. The minimum Gasteiger partial charge on any atom is -0.508 e. The zero-order valence-electron chi connectivity index (χ0n) is 41.5. The lowest BCUT2D eigenvalue weighted by molar-refractivity contribution is 0.00578. The van der Waals surface area contributed by atoms with E-state index in [0.717, 1.165) is 88.1 Å². The van der Waals surface area contributed by atoms with Crippen LogP contribution in [0.15, 0.2) is 84.9 Å². The highest BCUT2D eigenvalue weighted by Crippen LogP contribution is 2.43. The molecule has 4 aromatic rings. The molecule has 2 aliphatic carbocycles. The molecule has 0 atom stereocenters. The molecule has 0 amide bonds. The normalized spacial score (nSPS) is 19.1. The number of aromatic hydroxyl groups is 1. The third-order valence-corrected chi connectivity index (χ3v) is 16.2. The Labute approximate surface area is 387 Å². The highest BCUT2D eigenvalue weighted by Gasteiger charge is 2.52. The minimum absolute atomic E-state index is 0.0596. The van der Waals surface area contributed by atoms with Crippen molar-refractivity contribution in [2.45, 2.75) is 193 Å². The Morgan fingerprint density at radius 3 is 1.20 bits per heavy atom. The molecule has 1 heterocycles. The van der Waals surface area contributed by atoms with Gasteiger partial charge in [-0.15, -0.1) is 0 Å². The summed E-state index contributed by atoms with van der Waals surface area (Å²) >= 11 is 0. The van der Waals surface area contributed by atoms with Crippen LogP contribution in [0, 0.1) is 27.7 Å². The zero-order valence-corrected chi connectivity index (χ0v) is 41.5. The van der Waals surface area contributed by atoms with E-state index >= 15 is 0 Å². The Hall–Kier alpha value is -3.94. The molecule has 0 unspecified atom stereocenters. The van der Waals surface area contributed by atoms with Crippen LogP contribution in [0.1, 0.15) is 188 Å². The van der Waals surface area contributed by atoms with Crippen LogP contribution in [0.4, 0.5) is 0 Å². The molecule has 4 aromatic carbocycles. The van der Waals surface area contributed by atoms with Gasteiger partial charge >= 0.3 is 7.12 Å². The Bertz CT molecular complexity index is 2280. The molecule has 6 heteroatoms. The lowest BCUT2D eigenvalue weighted by Gasteiger charge is -2.34. The van der Waals surface area contributed by atoms with E-state index in [0.29, 0.717) is 5.75 Å². The number of hydrogen-bond acceptors (Lipinski definition) is 5. The van der Waals surface area contributed by atoms with E-state index in [2.05, 4.69) is 155 Å². The van der Waals surface area contributed by atoms with Gasteiger partial charge in [-0.3, -0.25) is 0 Å². The van der Waals surface area contributed by atoms with Crippen molar-refractivity contribution in [2.24, 2.45) is 0 Å². The Kier molecular flexibility index (Phi) is 15.1. The Balaban J connectivity index is 0.000000219. The predicted octanol–water partition coefficient (Wildman–Crippen LogP) is 13.5. The summed E-state index contributed by atoms with van der Waals surface area (Å²) in [6, 6.07) is 26.4. The number of rotatable bonds is 13. The van der Waals surface area contributed by atoms with Crippen molar-refractivity contribution in [2.75, 3.05) is 0 Å². The molecule has 3 N–H and O–H groups in total. The summed E-state index contributed by atoms with van der Waals surface area (Å²) < 4.78 is 12.7. The summed E-state index contributed by atoms with van der Waals surface area (Å²) in [4.78, 5) is 0. The van der Waals surface area contributed by atoms with Gasteiger partial charge in [0, 0.05) is 10.8 Å². The maximum Gasteiger partial charge on any atom is 0.495 e. The molecule has 1 aliphatic heterocycles. The van der Waals surface area contributed by atoms with Crippen LogP contribution in [0.5, 0.6) is 5.75 Å². The smallest absolute Gasteiger partial charge is 0.495 e. The third-order valence-electron chi connectivity index (χ3n) is 16.2. The first kappa shape index (κ1) is 49.5. The number of hydrogen-bond donors (Lipinski definition) is 3. The minimum atomic E-state index is -0.627. The highest BCUT2D eigenvalue weighted by molar-refractivity contribution is 6.62. The number of phenolic OH excluding ortho intramolecular Hbond substituents is 1. The molecule has 344 valence electrons. The number of aryl methyl sites for hydroxylation is 4. The maximum atomic E-state index is 10.7. The molecule has 3 aliphatic rings. The van der Waals surface area contributed by atoms with Crippen molar-refractivity contribution in [3.05, 3.63) is 141 Å². The van der Waals surface area contributed by atoms with Crippen molar-refractivity contribution in [1.82, 2.24) is 0 Å². The van der Waals surface area contributed by atoms with Gasteiger partial charge < -0.3 is 24.6 Å². The molecule has 2 saturated carbocycles. The van der Waals surface area contributed by atoms with E-state index in [9.17, 15) is 15.3 Å². The van der Waals surface area contributed by atoms with Gasteiger partial charge in [0.1, 0.15) is 5.75 Å². The van der Waals surface area contributed by atoms with Crippen molar-refractivity contribution in [3.8, 4) is 5.75 Å². The van der Waals surface area contributed by atoms with Gasteiger partial charge in [-0.05, 0) is 168 Å². The van der Waals surface area contributed by atoms with Crippen LogP contribution in [-0.2, 0) is 20.1 Å². The third kappa shape index (κ3) is 10.1. The molecule has 1 saturated heterocycles. The van der Waals surface area contributed by atoms with Crippen molar-refractivity contribution in [3.63, 3.8) is 0 Å². The average molecular weight is 867 g/mol. The Morgan fingerprint density at radius 2 is 0.859 bits per heavy atom. The van der Waals surface area contributed by atoms with Crippen LogP contribution < -0.4 is 5.46 Å². The first-order valence-electron chi connectivity index (χ1n) is 24.5. The van der Waals surface area contributed by atoms with Gasteiger partial charge in [0.15, 0.2) is 0 Å². The summed E-state index contributed by atoms with van der Waals surface area (Å²) in [6.07, 6.45) is 20.2. The van der Waals surface area contributed by atoms with Crippen molar-refractivity contribution < 1.29 is 24.6 Å². The zero-order chi connectivity index (χ0) is 46.7. The van der Waals surface area contributed by atoms with Crippen molar-refractivity contribution >= 4 is 24.7 Å². The van der Waals surface area contributed by atoms with Crippen LogP contribution >= 0.6 is 0 Å². The van der Waals surface area contributed by atoms with Gasteiger partial charge in [0.25, 0.3) is 0 Å². The fraction of sp³-hybridized carbons (Fsp3) is 0.517. The molecule has 64 heavy (non-hydrogen) atoms.